The van der Waals surface area contributed by atoms with Gasteiger partial charge in [0.25, 0.3) is 0 Å². The van der Waals surface area contributed by atoms with E-state index in [2.05, 4.69) is 33.3 Å². The number of hydrogen-bond acceptors (Lipinski definition) is 3. The number of halogens is 1. The summed E-state index contributed by atoms with van der Waals surface area (Å²) in [6.07, 6.45) is 3.16. The molecule has 112 valence electrons. The van der Waals surface area contributed by atoms with Crippen LogP contribution in [0.2, 0.25) is 0 Å². The minimum Gasteiger partial charge on any atom is -0.341 e. The molecular weight excluding hydrogens is 320 g/mol. The van der Waals surface area contributed by atoms with Gasteiger partial charge in [-0.2, -0.15) is 5.10 Å². The van der Waals surface area contributed by atoms with Gasteiger partial charge in [-0.1, -0.05) is 6.92 Å². The summed E-state index contributed by atoms with van der Waals surface area (Å²) in [5, 5.41) is 7.78. The molecule has 1 N–H and O–H groups in total. The first kappa shape index (κ1) is 15.5. The molecule has 20 heavy (non-hydrogen) atoms. The van der Waals surface area contributed by atoms with E-state index >= 15 is 0 Å². The van der Waals surface area contributed by atoms with E-state index in [9.17, 15) is 4.79 Å². The van der Waals surface area contributed by atoms with Crippen molar-refractivity contribution in [2.24, 2.45) is 7.05 Å². The molecule has 0 bridgehead atoms. The number of aryl methyl sites for hydroxylation is 2. The van der Waals surface area contributed by atoms with Crippen LogP contribution < -0.4 is 5.32 Å². The van der Waals surface area contributed by atoms with E-state index in [1.54, 1.807) is 0 Å². The smallest absolute Gasteiger partial charge is 0.239 e. The van der Waals surface area contributed by atoms with Gasteiger partial charge in [-0.25, -0.2) is 0 Å². The molecule has 1 aliphatic rings. The van der Waals surface area contributed by atoms with Gasteiger partial charge in [0.2, 0.25) is 5.91 Å². The second-order valence-electron chi connectivity index (χ2n) is 5.32. The Labute approximate surface area is 128 Å². The summed E-state index contributed by atoms with van der Waals surface area (Å²) in [6, 6.07) is -0.153. The number of aromatic nitrogens is 2. The fraction of sp³-hybridized carbons (Fsp3) is 0.714. The minimum atomic E-state index is -0.153. The number of rotatable bonds is 5. The monoisotopic (exact) mass is 342 g/mol. The molecule has 0 aliphatic carbocycles. The van der Waals surface area contributed by atoms with Crippen molar-refractivity contribution in [3.05, 3.63) is 15.9 Å². The van der Waals surface area contributed by atoms with Gasteiger partial charge in [0, 0.05) is 26.7 Å². The van der Waals surface area contributed by atoms with Crippen molar-refractivity contribution >= 4 is 21.8 Å². The summed E-state index contributed by atoms with van der Waals surface area (Å²) in [5.41, 5.74) is 2.14. The summed E-state index contributed by atoms with van der Waals surface area (Å²) < 4.78 is 2.93. The standard InChI is InChI=1S/C14H23BrN4O/c1-4-11-13(15)12(18(3)17-11)9-16-10(2)14(20)19-7-5-6-8-19/h10,16H,4-9H2,1-3H3. The second kappa shape index (κ2) is 6.72. The fourth-order valence-corrected chi connectivity index (χ4v) is 3.32. The first-order valence-electron chi connectivity index (χ1n) is 7.27. The van der Waals surface area contributed by atoms with Gasteiger partial charge in [-0.15, -0.1) is 0 Å². The van der Waals surface area contributed by atoms with Crippen molar-refractivity contribution in [2.45, 2.75) is 45.7 Å². The lowest BCUT2D eigenvalue weighted by molar-refractivity contribution is -0.132. The van der Waals surface area contributed by atoms with Crippen LogP contribution in [0.1, 0.15) is 38.1 Å². The van der Waals surface area contributed by atoms with E-state index < -0.39 is 0 Å². The number of amides is 1. The molecule has 1 unspecified atom stereocenters. The summed E-state index contributed by atoms with van der Waals surface area (Å²) in [4.78, 5) is 14.2. The third kappa shape index (κ3) is 3.23. The molecule has 2 heterocycles. The van der Waals surface area contributed by atoms with Crippen LogP contribution in [-0.2, 0) is 24.8 Å². The van der Waals surface area contributed by atoms with Crippen LogP contribution in [0.3, 0.4) is 0 Å². The van der Waals surface area contributed by atoms with Crippen molar-refractivity contribution in [3.8, 4) is 0 Å². The molecule has 1 amide bonds. The van der Waals surface area contributed by atoms with Gasteiger partial charge in [-0.3, -0.25) is 9.48 Å². The van der Waals surface area contributed by atoms with Crippen LogP contribution >= 0.6 is 15.9 Å². The molecular formula is C14H23BrN4O. The zero-order valence-electron chi connectivity index (χ0n) is 12.4. The van der Waals surface area contributed by atoms with E-state index in [1.807, 2.05) is 23.6 Å². The molecule has 1 aromatic rings. The Bertz CT molecular complexity index is 480. The lowest BCUT2D eigenvalue weighted by atomic mass is 10.2. The largest absolute Gasteiger partial charge is 0.341 e. The average Bonchev–Trinajstić information content (AvgIpc) is 3.05. The lowest BCUT2D eigenvalue weighted by Crippen LogP contribution is -2.43. The van der Waals surface area contributed by atoms with Gasteiger partial charge in [0.1, 0.15) is 0 Å². The third-order valence-corrected chi connectivity index (χ3v) is 4.78. The normalized spacial score (nSPS) is 16.7. The highest BCUT2D eigenvalue weighted by atomic mass is 79.9. The molecule has 1 aromatic heterocycles. The Balaban J connectivity index is 1.94. The number of likely N-dealkylation sites (tertiary alicyclic amines) is 1. The highest BCUT2D eigenvalue weighted by molar-refractivity contribution is 9.10. The first-order valence-corrected chi connectivity index (χ1v) is 8.06. The lowest BCUT2D eigenvalue weighted by Gasteiger charge is -2.21. The van der Waals surface area contributed by atoms with Gasteiger partial charge in [-0.05, 0) is 42.1 Å². The van der Waals surface area contributed by atoms with Gasteiger partial charge in [0.15, 0.2) is 0 Å². The van der Waals surface area contributed by atoms with Gasteiger partial charge < -0.3 is 10.2 Å². The zero-order valence-corrected chi connectivity index (χ0v) is 14.0. The molecule has 1 saturated heterocycles. The maximum absolute atomic E-state index is 12.2. The van der Waals surface area contributed by atoms with Crippen molar-refractivity contribution in [3.63, 3.8) is 0 Å². The van der Waals surface area contributed by atoms with E-state index in [-0.39, 0.29) is 11.9 Å². The summed E-state index contributed by atoms with van der Waals surface area (Å²) >= 11 is 3.60. The summed E-state index contributed by atoms with van der Waals surface area (Å²) in [6.45, 7) is 6.47. The van der Waals surface area contributed by atoms with Gasteiger partial charge >= 0.3 is 0 Å². The number of nitrogens with zero attached hydrogens (tertiary/aromatic N) is 3. The van der Waals surface area contributed by atoms with E-state index in [0.29, 0.717) is 6.54 Å². The SMILES string of the molecule is CCc1nn(C)c(CNC(C)C(=O)N2CCCC2)c1Br. The van der Waals surface area contributed by atoms with Crippen LogP contribution in [-0.4, -0.2) is 39.7 Å². The molecule has 0 saturated carbocycles. The van der Waals surface area contributed by atoms with Crippen LogP contribution in [0.5, 0.6) is 0 Å². The molecule has 0 spiro atoms. The van der Waals surface area contributed by atoms with E-state index in [0.717, 1.165) is 48.2 Å². The predicted molar refractivity (Wildman–Crippen MR) is 82.4 cm³/mol. The molecule has 1 atom stereocenters. The number of carbonyl (C=O) groups excluding carboxylic acids is 1. The Morgan fingerprint density at radius 1 is 1.45 bits per heavy atom. The highest BCUT2D eigenvalue weighted by Crippen LogP contribution is 2.21. The van der Waals surface area contributed by atoms with E-state index in [4.69, 9.17) is 0 Å². The molecule has 5 nitrogen and oxygen atoms in total. The molecule has 0 radical (unpaired) electrons. The Morgan fingerprint density at radius 2 is 2.10 bits per heavy atom. The van der Waals surface area contributed by atoms with Crippen molar-refractivity contribution < 1.29 is 4.79 Å². The molecule has 1 aliphatic heterocycles. The Kier molecular flexibility index (Phi) is 5.21. The first-order chi connectivity index (χ1) is 9.54. The molecule has 6 heteroatoms. The minimum absolute atomic E-state index is 0.153. The maximum atomic E-state index is 12.2. The number of hydrogen-bond donors (Lipinski definition) is 1. The summed E-state index contributed by atoms with van der Waals surface area (Å²) in [7, 11) is 1.94. The molecule has 0 aromatic carbocycles. The Hall–Kier alpha value is -0.880. The maximum Gasteiger partial charge on any atom is 0.239 e. The van der Waals surface area contributed by atoms with Gasteiger partial charge in [0.05, 0.1) is 21.9 Å². The van der Waals surface area contributed by atoms with Crippen LogP contribution in [0.25, 0.3) is 0 Å². The topological polar surface area (TPSA) is 50.2 Å². The third-order valence-electron chi connectivity index (χ3n) is 3.87. The number of nitrogens with one attached hydrogen (secondary N) is 1. The van der Waals surface area contributed by atoms with E-state index in [1.165, 1.54) is 0 Å². The predicted octanol–water partition coefficient (Wildman–Crippen LogP) is 1.85. The molecule has 2 rings (SSSR count). The van der Waals surface area contributed by atoms with Crippen LogP contribution in [0, 0.1) is 0 Å². The zero-order chi connectivity index (χ0) is 14.7. The van der Waals surface area contributed by atoms with Crippen LogP contribution in [0.4, 0.5) is 0 Å². The average molecular weight is 343 g/mol. The molecule has 1 fully saturated rings. The quantitative estimate of drug-likeness (QED) is 0.888. The summed E-state index contributed by atoms with van der Waals surface area (Å²) in [5.74, 6) is 0.205. The Morgan fingerprint density at radius 3 is 2.65 bits per heavy atom. The fourth-order valence-electron chi connectivity index (χ4n) is 2.56. The van der Waals surface area contributed by atoms with Crippen molar-refractivity contribution in [2.75, 3.05) is 13.1 Å². The number of carbonyl (C=O) groups is 1. The van der Waals surface area contributed by atoms with Crippen molar-refractivity contribution in [1.29, 1.82) is 0 Å². The highest BCUT2D eigenvalue weighted by Gasteiger charge is 2.23. The van der Waals surface area contributed by atoms with Crippen LogP contribution in [0.15, 0.2) is 4.47 Å². The second-order valence-corrected chi connectivity index (χ2v) is 6.11. The van der Waals surface area contributed by atoms with Crippen molar-refractivity contribution in [1.82, 2.24) is 20.0 Å².